The van der Waals surface area contributed by atoms with E-state index in [0.29, 0.717) is 5.41 Å². The van der Waals surface area contributed by atoms with Gasteiger partial charge in [-0.15, -0.1) is 0 Å². The van der Waals surface area contributed by atoms with Gasteiger partial charge in [0.05, 0.1) is 0 Å². The maximum atomic E-state index is 2.69. The molecule has 1 unspecified atom stereocenters. The second-order valence-electron chi connectivity index (χ2n) is 9.17. The molecule has 1 aromatic carbocycles. The Balaban J connectivity index is 0.00000131. The van der Waals surface area contributed by atoms with Gasteiger partial charge < -0.3 is 24.8 Å². The first kappa shape index (κ1) is 23.4. The SMILES string of the molecule is CC1=C(C)C(C)(C)[C]([Zr+2][C]2=Cc3ccccc3C2[Si]2(C)CCC2)=C1C.[Cl-].[Cl-]. The van der Waals surface area contributed by atoms with E-state index in [-0.39, 0.29) is 24.8 Å². The predicted octanol–water partition coefficient (Wildman–Crippen LogP) is 0.887. The van der Waals surface area contributed by atoms with Crippen LogP contribution < -0.4 is 24.8 Å². The topological polar surface area (TPSA) is 0 Å². The molecule has 1 heterocycles. The minimum absolute atomic E-state index is 0. The van der Waals surface area contributed by atoms with Gasteiger partial charge >= 0.3 is 167 Å². The second kappa shape index (κ2) is 8.10. The molecule has 1 atom stereocenters. The van der Waals surface area contributed by atoms with Gasteiger partial charge in [0.25, 0.3) is 0 Å². The van der Waals surface area contributed by atoms with Gasteiger partial charge in [0, 0.05) is 0 Å². The molecule has 1 saturated heterocycles. The maximum Gasteiger partial charge on any atom is -1.00 e. The monoisotopic (exact) mass is 494 g/mol. The largest absolute Gasteiger partial charge is 1.00 e. The summed E-state index contributed by atoms with van der Waals surface area (Å²) in [5, 5.41) is 0. The Bertz CT molecular complexity index is 844. The van der Waals surface area contributed by atoms with Crippen molar-refractivity contribution in [3.63, 3.8) is 0 Å². The van der Waals surface area contributed by atoms with Crippen molar-refractivity contribution in [2.45, 2.75) is 65.2 Å². The first-order valence-corrected chi connectivity index (χ1v) is 15.2. The minimum atomic E-state index is -1.11. The Morgan fingerprint density at radius 2 is 1.63 bits per heavy atom. The molecular formula is C23H30Cl2SiZr. The van der Waals surface area contributed by atoms with Crippen LogP contribution in [0.4, 0.5) is 0 Å². The summed E-state index contributed by atoms with van der Waals surface area (Å²) in [7, 11) is -1.11. The van der Waals surface area contributed by atoms with E-state index in [4.69, 9.17) is 0 Å². The summed E-state index contributed by atoms with van der Waals surface area (Å²) in [6.45, 7) is 14.7. The third-order valence-corrected chi connectivity index (χ3v) is 18.0. The Hall–Kier alpha value is 0.120. The van der Waals surface area contributed by atoms with E-state index in [9.17, 15) is 0 Å². The van der Waals surface area contributed by atoms with E-state index in [2.05, 4.69) is 71.5 Å². The summed E-state index contributed by atoms with van der Waals surface area (Å²) >= 11 is -0.733. The summed E-state index contributed by atoms with van der Waals surface area (Å²) in [4.78, 5) is 0. The fourth-order valence-electron chi connectivity index (χ4n) is 5.19. The summed E-state index contributed by atoms with van der Waals surface area (Å²) in [5.41, 5.74) is 9.16. The zero-order valence-electron chi connectivity index (χ0n) is 17.3. The Labute approximate surface area is 190 Å². The molecule has 3 aliphatic rings. The second-order valence-corrected chi connectivity index (χ2v) is 17.3. The number of hydrogen-bond donors (Lipinski definition) is 0. The molecule has 27 heavy (non-hydrogen) atoms. The first-order valence-electron chi connectivity index (χ1n) is 9.73. The molecule has 4 rings (SSSR count). The van der Waals surface area contributed by atoms with Crippen molar-refractivity contribution < 1.29 is 48.0 Å². The van der Waals surface area contributed by atoms with Crippen molar-refractivity contribution in [1.82, 2.24) is 0 Å². The van der Waals surface area contributed by atoms with Crippen LogP contribution in [0.1, 0.15) is 57.7 Å². The zero-order chi connectivity index (χ0) is 18.0. The fraction of sp³-hybridized carbons (Fsp3) is 0.478. The summed E-state index contributed by atoms with van der Waals surface area (Å²) in [6.07, 6.45) is 4.11. The maximum absolute atomic E-state index is 2.69. The quantitative estimate of drug-likeness (QED) is 0.546. The van der Waals surface area contributed by atoms with Crippen LogP contribution in [0.2, 0.25) is 18.6 Å². The van der Waals surface area contributed by atoms with Crippen molar-refractivity contribution in [3.05, 3.63) is 58.7 Å². The molecule has 144 valence electrons. The van der Waals surface area contributed by atoms with Crippen LogP contribution in [-0.4, -0.2) is 8.07 Å². The molecule has 2 aliphatic carbocycles. The van der Waals surface area contributed by atoms with Crippen molar-refractivity contribution in [2.24, 2.45) is 5.41 Å². The Morgan fingerprint density at radius 3 is 2.15 bits per heavy atom. The van der Waals surface area contributed by atoms with Gasteiger partial charge in [-0.05, 0) is 0 Å². The smallest absolute Gasteiger partial charge is 1.00 e. The molecule has 0 bridgehead atoms. The van der Waals surface area contributed by atoms with Crippen molar-refractivity contribution in [1.29, 1.82) is 0 Å². The van der Waals surface area contributed by atoms with Crippen LogP contribution in [0.25, 0.3) is 6.08 Å². The number of rotatable bonds is 3. The summed E-state index contributed by atoms with van der Waals surface area (Å²) in [5.74, 6) is 0. The molecule has 1 aromatic rings. The zero-order valence-corrected chi connectivity index (χ0v) is 22.3. The fourth-order valence-corrected chi connectivity index (χ4v) is 16.2. The molecule has 0 N–H and O–H groups in total. The van der Waals surface area contributed by atoms with Gasteiger partial charge in [0.2, 0.25) is 0 Å². The van der Waals surface area contributed by atoms with Gasteiger partial charge in [-0.25, -0.2) is 0 Å². The minimum Gasteiger partial charge on any atom is -1.00 e. The van der Waals surface area contributed by atoms with E-state index in [1.165, 1.54) is 6.42 Å². The number of allylic oxidation sites excluding steroid dienone is 5. The van der Waals surface area contributed by atoms with Gasteiger partial charge in [0.15, 0.2) is 0 Å². The Kier molecular flexibility index (Phi) is 7.02. The van der Waals surface area contributed by atoms with Crippen LogP contribution in [0.15, 0.2) is 47.5 Å². The molecule has 1 fully saturated rings. The van der Waals surface area contributed by atoms with E-state index < -0.39 is 31.3 Å². The number of halogens is 2. The average Bonchev–Trinajstić information content (AvgIpc) is 2.99. The molecule has 0 radical (unpaired) electrons. The predicted molar refractivity (Wildman–Crippen MR) is 108 cm³/mol. The van der Waals surface area contributed by atoms with Crippen molar-refractivity contribution in [3.8, 4) is 0 Å². The number of hydrogen-bond acceptors (Lipinski definition) is 0. The molecule has 0 spiro atoms. The van der Waals surface area contributed by atoms with Crippen LogP contribution in [0.5, 0.6) is 0 Å². The van der Waals surface area contributed by atoms with Gasteiger partial charge in [-0.2, -0.15) is 0 Å². The van der Waals surface area contributed by atoms with Gasteiger partial charge in [-0.3, -0.25) is 0 Å². The van der Waals surface area contributed by atoms with Crippen LogP contribution in [0, 0.1) is 5.41 Å². The van der Waals surface area contributed by atoms with E-state index in [1.807, 2.05) is 6.56 Å². The Morgan fingerprint density at radius 1 is 1.00 bits per heavy atom. The van der Waals surface area contributed by atoms with Crippen LogP contribution in [-0.2, 0) is 23.2 Å². The number of benzene rings is 1. The molecule has 4 heteroatoms. The number of fused-ring (bicyclic) bond motifs is 1. The third-order valence-electron chi connectivity index (χ3n) is 7.45. The average molecular weight is 497 g/mol. The van der Waals surface area contributed by atoms with Crippen LogP contribution >= 0.6 is 0 Å². The van der Waals surface area contributed by atoms with E-state index in [1.54, 1.807) is 39.9 Å². The first-order chi connectivity index (χ1) is 11.8. The van der Waals surface area contributed by atoms with Crippen molar-refractivity contribution >= 4 is 14.1 Å². The van der Waals surface area contributed by atoms with Gasteiger partial charge in [0.1, 0.15) is 0 Å². The molecule has 0 saturated carbocycles. The van der Waals surface area contributed by atoms with E-state index in [0.717, 1.165) is 5.54 Å². The molecular weight excluding hydrogens is 466 g/mol. The molecule has 0 aromatic heterocycles. The van der Waals surface area contributed by atoms with Crippen LogP contribution in [0.3, 0.4) is 0 Å². The molecule has 0 amide bonds. The normalized spacial score (nSPS) is 24.4. The molecule has 0 nitrogen and oxygen atoms in total. The van der Waals surface area contributed by atoms with E-state index >= 15 is 0 Å². The van der Waals surface area contributed by atoms with Crippen molar-refractivity contribution in [2.75, 3.05) is 0 Å². The third kappa shape index (κ3) is 3.58. The van der Waals surface area contributed by atoms with Gasteiger partial charge in [-0.1, -0.05) is 0 Å². The summed E-state index contributed by atoms with van der Waals surface area (Å²) in [6, 6.07) is 12.4. The summed E-state index contributed by atoms with van der Waals surface area (Å²) < 4.78 is 3.73. The molecule has 1 aliphatic heterocycles. The standard InChI is InChI=1S/C13H15Si.C10H15.2ClH.Zr/c1-14(9-4-10-14)13-8-7-11-5-2-3-6-12(11)13;1-7-6-10(4,5)9(3)8(7)2;;;/h2-3,5-7,13H,4,9-10H2,1H3;1-5H3;2*1H;/q;;;;+2/p-2.